The summed E-state index contributed by atoms with van der Waals surface area (Å²) in [5.74, 6) is -1.21. The van der Waals surface area contributed by atoms with E-state index in [-0.39, 0.29) is 25.2 Å². The van der Waals surface area contributed by atoms with E-state index in [1.165, 1.54) is 11.8 Å². The monoisotopic (exact) mass is 411 g/mol. The number of aliphatic carboxylic acids is 1. The molecule has 1 atom stereocenters. The molecule has 1 aliphatic rings. The van der Waals surface area contributed by atoms with Gasteiger partial charge in [0.1, 0.15) is 6.61 Å². The summed E-state index contributed by atoms with van der Waals surface area (Å²) in [6, 6.07) is 15.8. The van der Waals surface area contributed by atoms with E-state index in [9.17, 15) is 14.7 Å². The minimum absolute atomic E-state index is 0.0849. The maximum atomic E-state index is 13.1. The minimum atomic E-state index is -1.52. The highest BCUT2D eigenvalue weighted by Gasteiger charge is 2.45. The van der Waals surface area contributed by atoms with Gasteiger partial charge in [0.05, 0.1) is 6.61 Å². The molecule has 0 saturated heterocycles. The van der Waals surface area contributed by atoms with Crippen LogP contribution in [0.3, 0.4) is 0 Å². The summed E-state index contributed by atoms with van der Waals surface area (Å²) in [6.07, 6.45) is -0.656. The first-order chi connectivity index (χ1) is 14.3. The Bertz CT molecular complexity index is 880. The summed E-state index contributed by atoms with van der Waals surface area (Å²) in [5, 5.41) is 9.84. The molecule has 0 radical (unpaired) electrons. The number of carbonyl (C=O) groups excluding carboxylic acids is 1. The number of hydrogen-bond acceptors (Lipinski definition) is 4. The molecule has 160 valence electrons. The van der Waals surface area contributed by atoms with Gasteiger partial charge in [-0.1, -0.05) is 48.5 Å². The van der Waals surface area contributed by atoms with E-state index in [1.54, 1.807) is 20.8 Å². The second-order valence-corrected chi connectivity index (χ2v) is 7.98. The van der Waals surface area contributed by atoms with Gasteiger partial charge in [-0.3, -0.25) is 4.90 Å². The van der Waals surface area contributed by atoms with Crippen molar-refractivity contribution in [3.05, 3.63) is 59.7 Å². The molecule has 1 N–H and O–H groups in total. The molecule has 1 unspecified atom stereocenters. The van der Waals surface area contributed by atoms with Crippen LogP contribution in [0.25, 0.3) is 11.1 Å². The molecule has 0 spiro atoms. The average Bonchev–Trinajstić information content (AvgIpc) is 3.04. The van der Waals surface area contributed by atoms with Crippen LogP contribution in [0.5, 0.6) is 0 Å². The lowest BCUT2D eigenvalue weighted by atomic mass is 9.98. The highest BCUT2D eigenvalue weighted by molar-refractivity contribution is 5.84. The maximum absolute atomic E-state index is 13.1. The first kappa shape index (κ1) is 21.8. The molecule has 2 aromatic rings. The standard InChI is InChI=1S/C24H29NO5/c1-5-29-15-24(4,22(26)27)25(16(2)3)23(28)30-14-21-19-12-8-6-10-17(19)18-11-7-9-13-20(18)21/h6-13,16,21H,5,14-15H2,1-4H3,(H,26,27). The molecule has 1 amide bonds. The van der Waals surface area contributed by atoms with Crippen LogP contribution in [0.1, 0.15) is 44.7 Å². The Morgan fingerprint density at radius 2 is 1.60 bits per heavy atom. The Labute approximate surface area is 177 Å². The topological polar surface area (TPSA) is 76.1 Å². The molecule has 2 aromatic carbocycles. The van der Waals surface area contributed by atoms with Gasteiger partial charge >= 0.3 is 12.1 Å². The Morgan fingerprint density at radius 1 is 1.07 bits per heavy atom. The van der Waals surface area contributed by atoms with Crippen molar-refractivity contribution in [1.82, 2.24) is 4.90 Å². The number of carbonyl (C=O) groups is 2. The molecule has 0 saturated carbocycles. The minimum Gasteiger partial charge on any atom is -0.479 e. The largest absolute Gasteiger partial charge is 0.479 e. The van der Waals surface area contributed by atoms with E-state index < -0.39 is 17.6 Å². The van der Waals surface area contributed by atoms with Gasteiger partial charge < -0.3 is 14.6 Å². The van der Waals surface area contributed by atoms with Gasteiger partial charge in [-0.25, -0.2) is 9.59 Å². The van der Waals surface area contributed by atoms with Crippen molar-refractivity contribution in [1.29, 1.82) is 0 Å². The molecular weight excluding hydrogens is 382 g/mol. The van der Waals surface area contributed by atoms with Crippen LogP contribution in [-0.4, -0.2) is 53.5 Å². The molecule has 30 heavy (non-hydrogen) atoms. The third kappa shape index (κ3) is 3.92. The highest BCUT2D eigenvalue weighted by Crippen LogP contribution is 2.44. The van der Waals surface area contributed by atoms with Crippen molar-refractivity contribution in [2.75, 3.05) is 19.8 Å². The Morgan fingerprint density at radius 3 is 2.07 bits per heavy atom. The number of ether oxygens (including phenoxy) is 2. The quantitative estimate of drug-likeness (QED) is 0.691. The Hall–Kier alpha value is -2.86. The summed E-state index contributed by atoms with van der Waals surface area (Å²) in [4.78, 5) is 26.4. The number of rotatable bonds is 8. The lowest BCUT2D eigenvalue weighted by molar-refractivity contribution is -0.155. The normalized spacial score (nSPS) is 14.7. The third-order valence-electron chi connectivity index (χ3n) is 5.63. The average molecular weight is 411 g/mol. The number of hydrogen-bond donors (Lipinski definition) is 1. The number of amides is 1. The van der Waals surface area contributed by atoms with Gasteiger partial charge in [-0.05, 0) is 49.9 Å². The fourth-order valence-corrected chi connectivity index (χ4v) is 4.18. The van der Waals surface area contributed by atoms with Crippen LogP contribution in [0, 0.1) is 0 Å². The number of nitrogens with zero attached hydrogens (tertiary/aromatic N) is 1. The van der Waals surface area contributed by atoms with Crippen LogP contribution in [0.4, 0.5) is 4.79 Å². The zero-order valence-corrected chi connectivity index (χ0v) is 17.9. The molecular formula is C24H29NO5. The number of carboxylic acids is 1. The first-order valence-electron chi connectivity index (χ1n) is 10.3. The van der Waals surface area contributed by atoms with E-state index in [2.05, 4.69) is 12.1 Å². The summed E-state index contributed by atoms with van der Waals surface area (Å²) in [7, 11) is 0. The predicted octanol–water partition coefficient (Wildman–Crippen LogP) is 4.53. The van der Waals surface area contributed by atoms with E-state index in [0.717, 1.165) is 22.3 Å². The lowest BCUT2D eigenvalue weighted by Crippen LogP contribution is -2.60. The van der Waals surface area contributed by atoms with Gasteiger partial charge in [0.2, 0.25) is 0 Å². The van der Waals surface area contributed by atoms with E-state index in [4.69, 9.17) is 9.47 Å². The van der Waals surface area contributed by atoms with Crippen LogP contribution >= 0.6 is 0 Å². The molecule has 0 aliphatic heterocycles. The van der Waals surface area contributed by atoms with Gasteiger partial charge in [0, 0.05) is 18.6 Å². The molecule has 0 aromatic heterocycles. The molecule has 0 bridgehead atoms. The van der Waals surface area contributed by atoms with E-state index >= 15 is 0 Å². The van der Waals surface area contributed by atoms with Crippen molar-refractivity contribution < 1.29 is 24.2 Å². The zero-order valence-electron chi connectivity index (χ0n) is 17.9. The molecule has 0 heterocycles. The van der Waals surface area contributed by atoms with Crippen molar-refractivity contribution in [3.8, 4) is 11.1 Å². The molecule has 6 heteroatoms. The van der Waals surface area contributed by atoms with Crippen molar-refractivity contribution in [2.24, 2.45) is 0 Å². The van der Waals surface area contributed by atoms with Crippen molar-refractivity contribution in [2.45, 2.75) is 45.2 Å². The fraction of sp³-hybridized carbons (Fsp3) is 0.417. The Balaban J connectivity index is 1.84. The van der Waals surface area contributed by atoms with E-state index in [1.807, 2.05) is 36.4 Å². The summed E-state index contributed by atoms with van der Waals surface area (Å²) >= 11 is 0. The SMILES string of the molecule is CCOCC(C)(C(=O)O)N(C(=O)OCC1c2ccccc2-c2ccccc21)C(C)C. The van der Waals surface area contributed by atoms with Gasteiger partial charge in [0.25, 0.3) is 0 Å². The van der Waals surface area contributed by atoms with Crippen LogP contribution in [0.2, 0.25) is 0 Å². The van der Waals surface area contributed by atoms with Crippen molar-refractivity contribution in [3.63, 3.8) is 0 Å². The summed E-state index contributed by atoms with van der Waals surface area (Å²) in [6.45, 7) is 7.21. The molecule has 0 fully saturated rings. The lowest BCUT2D eigenvalue weighted by Gasteiger charge is -2.39. The van der Waals surface area contributed by atoms with E-state index in [0.29, 0.717) is 6.61 Å². The van der Waals surface area contributed by atoms with Crippen molar-refractivity contribution >= 4 is 12.1 Å². The number of benzene rings is 2. The zero-order chi connectivity index (χ0) is 21.9. The van der Waals surface area contributed by atoms with Crippen LogP contribution < -0.4 is 0 Å². The molecule has 3 rings (SSSR count). The third-order valence-corrected chi connectivity index (χ3v) is 5.63. The first-order valence-corrected chi connectivity index (χ1v) is 10.3. The predicted molar refractivity (Wildman–Crippen MR) is 115 cm³/mol. The maximum Gasteiger partial charge on any atom is 0.411 e. The van der Waals surface area contributed by atoms with Gasteiger partial charge in [-0.15, -0.1) is 0 Å². The summed E-state index contributed by atoms with van der Waals surface area (Å²) < 4.78 is 11.1. The second kappa shape index (κ2) is 8.88. The number of fused-ring (bicyclic) bond motifs is 3. The van der Waals surface area contributed by atoms with Crippen LogP contribution in [-0.2, 0) is 14.3 Å². The van der Waals surface area contributed by atoms with Gasteiger partial charge in [-0.2, -0.15) is 0 Å². The highest BCUT2D eigenvalue weighted by atomic mass is 16.6. The molecule has 1 aliphatic carbocycles. The van der Waals surface area contributed by atoms with Gasteiger partial charge in [0.15, 0.2) is 5.54 Å². The second-order valence-electron chi connectivity index (χ2n) is 7.98. The fourth-order valence-electron chi connectivity index (χ4n) is 4.18. The van der Waals surface area contributed by atoms with Crippen LogP contribution in [0.15, 0.2) is 48.5 Å². The molecule has 6 nitrogen and oxygen atoms in total. The smallest absolute Gasteiger partial charge is 0.411 e. The Kier molecular flexibility index (Phi) is 6.46. The summed E-state index contributed by atoms with van der Waals surface area (Å²) in [5.41, 5.74) is 2.98. The number of carboxylic acid groups (broad SMARTS) is 1.